The Hall–Kier alpha value is -2.18. The first kappa shape index (κ1) is 17.2. The van der Waals surface area contributed by atoms with Gasteiger partial charge in [-0.1, -0.05) is 18.2 Å². The van der Waals surface area contributed by atoms with E-state index >= 15 is 0 Å². The van der Waals surface area contributed by atoms with Gasteiger partial charge in [-0.15, -0.1) is 0 Å². The Labute approximate surface area is 128 Å². The van der Waals surface area contributed by atoms with Crippen LogP contribution in [0.1, 0.15) is 22.3 Å². The van der Waals surface area contributed by atoms with E-state index in [0.717, 1.165) is 11.6 Å². The average Bonchev–Trinajstić information content (AvgIpc) is 2.44. The number of halogens is 6. The minimum Gasteiger partial charge on any atom is -0.399 e. The second-order valence-electron chi connectivity index (χ2n) is 5.11. The van der Waals surface area contributed by atoms with Crippen molar-refractivity contribution < 1.29 is 26.3 Å². The molecule has 0 unspecified atom stereocenters. The van der Waals surface area contributed by atoms with Crippen LogP contribution in [0.4, 0.5) is 32.0 Å². The Bertz CT molecular complexity index is 670. The minimum absolute atomic E-state index is 0.0170. The van der Waals surface area contributed by atoms with Gasteiger partial charge in [0, 0.05) is 5.69 Å². The van der Waals surface area contributed by atoms with Crippen molar-refractivity contribution in [2.45, 2.75) is 25.2 Å². The van der Waals surface area contributed by atoms with Crippen LogP contribution in [0.2, 0.25) is 0 Å². The Morgan fingerprint density at radius 3 is 1.87 bits per heavy atom. The molecule has 0 aliphatic rings. The zero-order chi connectivity index (χ0) is 17.3. The summed E-state index contributed by atoms with van der Waals surface area (Å²) in [4.78, 5) is 0. The lowest BCUT2D eigenvalue weighted by molar-refractivity contribution is -0.143. The van der Waals surface area contributed by atoms with Gasteiger partial charge in [0.15, 0.2) is 0 Å². The first-order chi connectivity index (χ1) is 10.6. The number of nitrogen functional groups attached to an aromatic ring is 1. The van der Waals surface area contributed by atoms with E-state index in [0.29, 0.717) is 11.8 Å². The lowest BCUT2D eigenvalue weighted by atomic mass is 9.97. The Morgan fingerprint density at radius 1 is 0.739 bits per heavy atom. The molecule has 2 aromatic carbocycles. The zero-order valence-electron chi connectivity index (χ0n) is 11.8. The monoisotopic (exact) mass is 333 g/mol. The van der Waals surface area contributed by atoms with Gasteiger partial charge in [0.1, 0.15) is 0 Å². The fraction of sp³-hybridized carbons (Fsp3) is 0.250. The quantitative estimate of drug-likeness (QED) is 0.614. The van der Waals surface area contributed by atoms with Gasteiger partial charge in [0.2, 0.25) is 0 Å². The number of aryl methyl sites for hydroxylation is 2. The van der Waals surface area contributed by atoms with Crippen molar-refractivity contribution >= 4 is 5.69 Å². The van der Waals surface area contributed by atoms with Crippen molar-refractivity contribution in [2.75, 3.05) is 5.73 Å². The molecule has 0 fully saturated rings. The number of hydrogen-bond acceptors (Lipinski definition) is 1. The number of benzene rings is 2. The van der Waals surface area contributed by atoms with E-state index in [9.17, 15) is 26.3 Å². The van der Waals surface area contributed by atoms with E-state index in [4.69, 9.17) is 5.73 Å². The van der Waals surface area contributed by atoms with Gasteiger partial charge in [-0.2, -0.15) is 26.3 Å². The molecule has 0 heterocycles. The fourth-order valence-corrected chi connectivity index (χ4v) is 2.20. The van der Waals surface area contributed by atoms with Crippen molar-refractivity contribution in [2.24, 2.45) is 0 Å². The first-order valence-corrected chi connectivity index (χ1v) is 6.69. The molecule has 0 bridgehead atoms. The van der Waals surface area contributed by atoms with Crippen LogP contribution in [0.5, 0.6) is 0 Å². The molecular formula is C16H13F6N. The molecule has 0 saturated carbocycles. The minimum atomic E-state index is -4.84. The van der Waals surface area contributed by atoms with Crippen molar-refractivity contribution in [3.8, 4) is 0 Å². The predicted molar refractivity (Wildman–Crippen MR) is 74.7 cm³/mol. The molecule has 1 nitrogen and oxygen atoms in total. The van der Waals surface area contributed by atoms with Gasteiger partial charge in [0.25, 0.3) is 0 Å². The van der Waals surface area contributed by atoms with Crippen LogP contribution >= 0.6 is 0 Å². The molecule has 0 radical (unpaired) electrons. The second-order valence-corrected chi connectivity index (χ2v) is 5.11. The third-order valence-electron chi connectivity index (χ3n) is 3.41. The lowest BCUT2D eigenvalue weighted by Crippen LogP contribution is -2.14. The number of anilines is 1. The standard InChI is InChI=1S/C16H13F6N/c17-15(18,19)12-6-5-11(14(9-12)16(20,21)22)4-1-10-2-7-13(23)8-3-10/h2-3,5-9H,1,4,23H2. The summed E-state index contributed by atoms with van der Waals surface area (Å²) in [5, 5.41) is 0. The molecule has 0 amide bonds. The highest BCUT2D eigenvalue weighted by Gasteiger charge is 2.37. The molecule has 23 heavy (non-hydrogen) atoms. The van der Waals surface area contributed by atoms with Gasteiger partial charge < -0.3 is 5.73 Å². The van der Waals surface area contributed by atoms with Gasteiger partial charge in [0.05, 0.1) is 11.1 Å². The summed E-state index contributed by atoms with van der Waals surface area (Å²) in [5.41, 5.74) is 4.08. The van der Waals surface area contributed by atoms with Crippen LogP contribution in [0.25, 0.3) is 0 Å². The number of alkyl halides is 6. The van der Waals surface area contributed by atoms with Crippen LogP contribution in [0.3, 0.4) is 0 Å². The van der Waals surface area contributed by atoms with Crippen molar-refractivity contribution in [1.82, 2.24) is 0 Å². The lowest BCUT2D eigenvalue weighted by Gasteiger charge is -2.16. The van der Waals surface area contributed by atoms with Crippen molar-refractivity contribution in [3.63, 3.8) is 0 Å². The summed E-state index contributed by atoms with van der Waals surface area (Å²) >= 11 is 0. The summed E-state index contributed by atoms with van der Waals surface area (Å²) in [7, 11) is 0. The Morgan fingerprint density at radius 2 is 1.35 bits per heavy atom. The number of nitrogens with two attached hydrogens (primary N) is 1. The molecule has 124 valence electrons. The Balaban J connectivity index is 2.28. The summed E-state index contributed by atoms with van der Waals surface area (Å²) < 4.78 is 76.8. The Kier molecular flexibility index (Phi) is 4.58. The smallest absolute Gasteiger partial charge is 0.399 e. The van der Waals surface area contributed by atoms with Crippen LogP contribution in [-0.2, 0) is 25.2 Å². The zero-order valence-corrected chi connectivity index (χ0v) is 11.8. The average molecular weight is 333 g/mol. The summed E-state index contributed by atoms with van der Waals surface area (Å²) in [6, 6.07) is 8.31. The van der Waals surface area contributed by atoms with E-state index in [1.54, 1.807) is 24.3 Å². The molecule has 2 rings (SSSR count). The third-order valence-corrected chi connectivity index (χ3v) is 3.41. The van der Waals surface area contributed by atoms with E-state index in [1.165, 1.54) is 0 Å². The van der Waals surface area contributed by atoms with Crippen LogP contribution < -0.4 is 5.73 Å². The number of hydrogen-bond donors (Lipinski definition) is 1. The van der Waals surface area contributed by atoms with Crippen molar-refractivity contribution in [3.05, 3.63) is 64.7 Å². The topological polar surface area (TPSA) is 26.0 Å². The van der Waals surface area contributed by atoms with Crippen molar-refractivity contribution in [1.29, 1.82) is 0 Å². The second kappa shape index (κ2) is 6.14. The summed E-state index contributed by atoms with van der Waals surface area (Å²) in [6.45, 7) is 0. The molecule has 2 N–H and O–H groups in total. The molecular weight excluding hydrogens is 320 g/mol. The maximum Gasteiger partial charge on any atom is 0.416 e. The van der Waals surface area contributed by atoms with E-state index < -0.39 is 23.5 Å². The van der Waals surface area contributed by atoms with Gasteiger partial charge in [-0.25, -0.2) is 0 Å². The predicted octanol–water partition coefficient (Wildman–Crippen LogP) is 5.09. The molecule has 0 aromatic heterocycles. The van der Waals surface area contributed by atoms with E-state index in [-0.39, 0.29) is 24.5 Å². The normalized spacial score (nSPS) is 12.4. The van der Waals surface area contributed by atoms with E-state index in [2.05, 4.69) is 0 Å². The van der Waals surface area contributed by atoms with Crippen LogP contribution in [0.15, 0.2) is 42.5 Å². The molecule has 0 saturated heterocycles. The highest BCUT2D eigenvalue weighted by Crippen LogP contribution is 2.37. The van der Waals surface area contributed by atoms with E-state index in [1.807, 2.05) is 0 Å². The molecule has 0 spiro atoms. The van der Waals surface area contributed by atoms with Crippen LogP contribution in [0, 0.1) is 0 Å². The highest BCUT2D eigenvalue weighted by molar-refractivity contribution is 5.40. The molecule has 0 atom stereocenters. The van der Waals surface area contributed by atoms with Gasteiger partial charge in [-0.3, -0.25) is 0 Å². The largest absolute Gasteiger partial charge is 0.416 e. The molecule has 0 aliphatic heterocycles. The molecule has 0 aliphatic carbocycles. The first-order valence-electron chi connectivity index (χ1n) is 6.69. The van der Waals surface area contributed by atoms with Gasteiger partial charge in [-0.05, 0) is 48.2 Å². The maximum atomic E-state index is 13.0. The summed E-state index contributed by atoms with van der Waals surface area (Å²) in [6.07, 6.45) is -9.39. The number of rotatable bonds is 3. The SMILES string of the molecule is Nc1ccc(CCc2ccc(C(F)(F)F)cc2C(F)(F)F)cc1. The third kappa shape index (κ3) is 4.40. The van der Waals surface area contributed by atoms with Gasteiger partial charge >= 0.3 is 12.4 Å². The molecule has 7 heteroatoms. The maximum absolute atomic E-state index is 13.0. The highest BCUT2D eigenvalue weighted by atomic mass is 19.4. The summed E-state index contributed by atoms with van der Waals surface area (Å²) in [5.74, 6) is 0. The molecule has 2 aromatic rings. The van der Waals surface area contributed by atoms with Crippen LogP contribution in [-0.4, -0.2) is 0 Å². The fourth-order valence-electron chi connectivity index (χ4n) is 2.20.